The normalized spacial score (nSPS) is 12.1. The molecule has 1 atom stereocenters. The van der Waals surface area contributed by atoms with E-state index >= 15 is 0 Å². The van der Waals surface area contributed by atoms with E-state index in [1.807, 2.05) is 38.2 Å². The molecule has 2 rings (SSSR count). The average Bonchev–Trinajstić information content (AvgIpc) is 2.45. The van der Waals surface area contributed by atoms with Crippen LogP contribution in [0.3, 0.4) is 0 Å². The highest BCUT2D eigenvalue weighted by Crippen LogP contribution is 2.22. The molecule has 0 aliphatic carbocycles. The van der Waals surface area contributed by atoms with Gasteiger partial charge in [0.15, 0.2) is 0 Å². The molecule has 3 N–H and O–H groups in total. The Bertz CT molecular complexity index is 557. The fraction of sp³-hybridized carbons (Fsp3) is 0.312. The molecule has 4 nitrogen and oxygen atoms in total. The number of hydrogen-bond acceptors (Lipinski definition) is 4. The zero-order valence-corrected chi connectivity index (χ0v) is 12.0. The molecule has 1 unspecified atom stereocenters. The Kier molecular flexibility index (Phi) is 4.96. The number of benzene rings is 1. The van der Waals surface area contributed by atoms with Crippen molar-refractivity contribution in [2.45, 2.75) is 19.4 Å². The van der Waals surface area contributed by atoms with Gasteiger partial charge in [0.1, 0.15) is 11.6 Å². The Morgan fingerprint density at radius 1 is 1.30 bits per heavy atom. The Hall–Kier alpha value is -2.07. The summed E-state index contributed by atoms with van der Waals surface area (Å²) >= 11 is 0. The first-order chi connectivity index (χ1) is 9.72. The molecule has 0 fully saturated rings. The Balaban J connectivity index is 2.17. The number of nitrogen functional groups attached to an aromatic ring is 1. The molecule has 0 aliphatic rings. The molecule has 2 aromatic rings. The van der Waals surface area contributed by atoms with E-state index in [0.29, 0.717) is 12.4 Å². The van der Waals surface area contributed by atoms with Crippen LogP contribution in [0.1, 0.15) is 24.1 Å². The molecule has 20 heavy (non-hydrogen) atoms. The average molecular weight is 271 g/mol. The summed E-state index contributed by atoms with van der Waals surface area (Å²) in [6.45, 7) is 2.66. The zero-order valence-electron chi connectivity index (χ0n) is 12.0. The Labute approximate surface area is 120 Å². The van der Waals surface area contributed by atoms with Crippen LogP contribution in [0, 0.1) is 0 Å². The van der Waals surface area contributed by atoms with Gasteiger partial charge in [0.05, 0.1) is 6.61 Å². The summed E-state index contributed by atoms with van der Waals surface area (Å²) in [5, 5.41) is 3.34. The smallest absolute Gasteiger partial charge is 0.123 e. The number of ether oxygens (including phenoxy) is 1. The number of likely N-dealkylation sites (N-methyl/N-ethyl adjacent to an activating group) is 1. The maximum atomic E-state index is 5.73. The first kappa shape index (κ1) is 14.3. The van der Waals surface area contributed by atoms with E-state index in [4.69, 9.17) is 10.5 Å². The number of rotatable bonds is 6. The third-order valence-corrected chi connectivity index (χ3v) is 3.21. The molecule has 0 saturated carbocycles. The number of nitrogens with one attached hydrogen (secondary N) is 1. The van der Waals surface area contributed by atoms with Crippen molar-refractivity contribution in [3.8, 4) is 5.75 Å². The zero-order chi connectivity index (χ0) is 14.4. The Morgan fingerprint density at radius 2 is 2.15 bits per heavy atom. The van der Waals surface area contributed by atoms with Crippen LogP contribution in [0.4, 0.5) is 5.82 Å². The van der Waals surface area contributed by atoms with Crippen molar-refractivity contribution in [3.63, 3.8) is 0 Å². The first-order valence-electron chi connectivity index (χ1n) is 6.83. The third-order valence-electron chi connectivity index (χ3n) is 3.21. The SMILES string of the molecule is CCOc1cccc(C(Cc2ccnc(N)c2)NC)c1. The molecule has 1 aromatic heterocycles. The number of nitrogens with two attached hydrogens (primary N) is 1. The molecule has 0 bridgehead atoms. The van der Waals surface area contributed by atoms with Crippen molar-refractivity contribution in [1.29, 1.82) is 0 Å². The van der Waals surface area contributed by atoms with Gasteiger partial charge in [0, 0.05) is 12.2 Å². The summed E-state index contributed by atoms with van der Waals surface area (Å²) in [6, 6.07) is 12.3. The minimum atomic E-state index is 0.220. The van der Waals surface area contributed by atoms with Gasteiger partial charge in [-0.1, -0.05) is 12.1 Å². The molecule has 0 radical (unpaired) electrons. The standard InChI is InChI=1S/C16H21N3O/c1-3-20-14-6-4-5-13(11-14)15(18-2)9-12-7-8-19-16(17)10-12/h4-8,10-11,15,18H,3,9H2,1-2H3,(H2,17,19). The maximum absolute atomic E-state index is 5.73. The summed E-state index contributed by atoms with van der Waals surface area (Å²) < 4.78 is 5.55. The van der Waals surface area contributed by atoms with Crippen molar-refractivity contribution in [2.24, 2.45) is 0 Å². The largest absolute Gasteiger partial charge is 0.494 e. The second kappa shape index (κ2) is 6.91. The fourth-order valence-electron chi connectivity index (χ4n) is 2.23. The van der Waals surface area contributed by atoms with Gasteiger partial charge >= 0.3 is 0 Å². The molecule has 1 heterocycles. The molecular weight excluding hydrogens is 250 g/mol. The lowest BCUT2D eigenvalue weighted by atomic mass is 9.99. The predicted octanol–water partition coefficient (Wildman–Crippen LogP) is 2.57. The molecule has 0 spiro atoms. The van der Waals surface area contributed by atoms with Crippen LogP contribution in [0.15, 0.2) is 42.6 Å². The van der Waals surface area contributed by atoms with Gasteiger partial charge in [-0.05, 0) is 55.8 Å². The minimum Gasteiger partial charge on any atom is -0.494 e. The van der Waals surface area contributed by atoms with Crippen molar-refractivity contribution in [1.82, 2.24) is 10.3 Å². The van der Waals surface area contributed by atoms with Gasteiger partial charge in [-0.2, -0.15) is 0 Å². The van der Waals surface area contributed by atoms with Crippen LogP contribution < -0.4 is 15.8 Å². The van der Waals surface area contributed by atoms with Gasteiger partial charge in [-0.3, -0.25) is 0 Å². The third kappa shape index (κ3) is 3.71. The van der Waals surface area contributed by atoms with E-state index in [9.17, 15) is 0 Å². The van der Waals surface area contributed by atoms with E-state index in [1.165, 1.54) is 11.1 Å². The quantitative estimate of drug-likeness (QED) is 0.847. The second-order valence-corrected chi connectivity index (χ2v) is 4.64. The van der Waals surface area contributed by atoms with Crippen molar-refractivity contribution in [2.75, 3.05) is 19.4 Å². The van der Waals surface area contributed by atoms with Crippen molar-refractivity contribution >= 4 is 5.82 Å². The summed E-state index contributed by atoms with van der Waals surface area (Å²) in [7, 11) is 1.96. The van der Waals surface area contributed by atoms with E-state index in [2.05, 4.69) is 22.4 Å². The van der Waals surface area contributed by atoms with E-state index in [1.54, 1.807) is 6.20 Å². The van der Waals surface area contributed by atoms with E-state index in [-0.39, 0.29) is 6.04 Å². The number of hydrogen-bond donors (Lipinski definition) is 2. The maximum Gasteiger partial charge on any atom is 0.123 e. The number of nitrogens with zero attached hydrogens (tertiary/aromatic N) is 1. The summed E-state index contributed by atoms with van der Waals surface area (Å²) in [5.41, 5.74) is 8.09. The number of pyridine rings is 1. The van der Waals surface area contributed by atoms with Gasteiger partial charge < -0.3 is 15.8 Å². The Morgan fingerprint density at radius 3 is 2.85 bits per heavy atom. The topological polar surface area (TPSA) is 60.2 Å². The molecule has 4 heteroatoms. The molecule has 0 saturated heterocycles. The van der Waals surface area contributed by atoms with Crippen LogP contribution in [0.2, 0.25) is 0 Å². The van der Waals surface area contributed by atoms with Crippen LogP contribution >= 0.6 is 0 Å². The number of anilines is 1. The van der Waals surface area contributed by atoms with E-state index < -0.39 is 0 Å². The van der Waals surface area contributed by atoms with Crippen LogP contribution in [0.25, 0.3) is 0 Å². The molecule has 0 aliphatic heterocycles. The molecule has 0 amide bonds. The van der Waals surface area contributed by atoms with Crippen molar-refractivity contribution < 1.29 is 4.74 Å². The van der Waals surface area contributed by atoms with Crippen LogP contribution in [0.5, 0.6) is 5.75 Å². The fourth-order valence-corrected chi connectivity index (χ4v) is 2.23. The lowest BCUT2D eigenvalue weighted by Gasteiger charge is -2.18. The predicted molar refractivity (Wildman–Crippen MR) is 81.8 cm³/mol. The molecular formula is C16H21N3O. The van der Waals surface area contributed by atoms with Crippen LogP contribution in [-0.4, -0.2) is 18.6 Å². The summed E-state index contributed by atoms with van der Waals surface area (Å²) in [5.74, 6) is 1.46. The number of aromatic nitrogens is 1. The van der Waals surface area contributed by atoms with Gasteiger partial charge in [-0.15, -0.1) is 0 Å². The monoisotopic (exact) mass is 271 g/mol. The lowest BCUT2D eigenvalue weighted by Crippen LogP contribution is -2.19. The summed E-state index contributed by atoms with van der Waals surface area (Å²) in [6.07, 6.45) is 2.60. The molecule has 106 valence electrons. The van der Waals surface area contributed by atoms with Crippen molar-refractivity contribution in [3.05, 3.63) is 53.7 Å². The van der Waals surface area contributed by atoms with Gasteiger partial charge in [0.25, 0.3) is 0 Å². The van der Waals surface area contributed by atoms with E-state index in [0.717, 1.165) is 12.2 Å². The van der Waals surface area contributed by atoms with Crippen LogP contribution in [-0.2, 0) is 6.42 Å². The highest BCUT2D eigenvalue weighted by molar-refractivity contribution is 5.35. The first-order valence-corrected chi connectivity index (χ1v) is 6.83. The highest BCUT2D eigenvalue weighted by atomic mass is 16.5. The second-order valence-electron chi connectivity index (χ2n) is 4.64. The lowest BCUT2D eigenvalue weighted by molar-refractivity contribution is 0.339. The minimum absolute atomic E-state index is 0.220. The van der Waals surface area contributed by atoms with Gasteiger partial charge in [-0.25, -0.2) is 4.98 Å². The molecule has 1 aromatic carbocycles. The van der Waals surface area contributed by atoms with Gasteiger partial charge in [0.2, 0.25) is 0 Å². The highest BCUT2D eigenvalue weighted by Gasteiger charge is 2.11. The summed E-state index contributed by atoms with van der Waals surface area (Å²) in [4.78, 5) is 4.02.